The lowest BCUT2D eigenvalue weighted by Crippen LogP contribution is -2.09. The molecule has 0 bridgehead atoms. The molecule has 4 nitrogen and oxygen atoms in total. The van der Waals surface area contributed by atoms with Crippen molar-refractivity contribution in [3.63, 3.8) is 0 Å². The van der Waals surface area contributed by atoms with Crippen molar-refractivity contribution in [3.8, 4) is 5.75 Å². The number of rotatable bonds is 4. The van der Waals surface area contributed by atoms with Crippen molar-refractivity contribution in [1.82, 2.24) is 0 Å². The number of hydrogen-bond donors (Lipinski definition) is 1. The smallest absolute Gasteiger partial charge is 0.343 e. The summed E-state index contributed by atoms with van der Waals surface area (Å²) in [7, 11) is 0. The van der Waals surface area contributed by atoms with Crippen LogP contribution in [0.5, 0.6) is 5.75 Å². The number of thioether (sulfide) groups is 1. The van der Waals surface area contributed by atoms with Gasteiger partial charge in [-0.2, -0.15) is 0 Å². The quantitative estimate of drug-likeness (QED) is 0.531. The summed E-state index contributed by atoms with van der Waals surface area (Å²) in [5, 5.41) is 8.83. The highest BCUT2D eigenvalue weighted by Gasteiger charge is 2.12. The maximum absolute atomic E-state index is 12.1. The number of benzene rings is 2. The SMILES string of the molecule is CSc1ccc(C)c(OC(=O)c2ccc(C(=O)O)cc2)c1. The van der Waals surface area contributed by atoms with Crippen LogP contribution in [0.15, 0.2) is 47.4 Å². The van der Waals surface area contributed by atoms with Gasteiger partial charge in [-0.05, 0) is 55.1 Å². The fourth-order valence-electron chi connectivity index (χ4n) is 1.73. The van der Waals surface area contributed by atoms with Gasteiger partial charge in [-0.25, -0.2) is 9.59 Å². The monoisotopic (exact) mass is 302 g/mol. The van der Waals surface area contributed by atoms with Crippen LogP contribution in [0.25, 0.3) is 0 Å². The highest BCUT2D eigenvalue weighted by Crippen LogP contribution is 2.25. The van der Waals surface area contributed by atoms with Gasteiger partial charge in [0.1, 0.15) is 5.75 Å². The molecule has 0 amide bonds. The Morgan fingerprint density at radius 3 is 2.24 bits per heavy atom. The lowest BCUT2D eigenvalue weighted by molar-refractivity contribution is 0.0691. The number of esters is 1. The van der Waals surface area contributed by atoms with Crippen LogP contribution in [0.2, 0.25) is 0 Å². The lowest BCUT2D eigenvalue weighted by Gasteiger charge is -2.09. The zero-order chi connectivity index (χ0) is 15.4. The van der Waals surface area contributed by atoms with Gasteiger partial charge in [-0.3, -0.25) is 0 Å². The van der Waals surface area contributed by atoms with E-state index in [-0.39, 0.29) is 5.56 Å². The molecule has 0 aromatic heterocycles. The van der Waals surface area contributed by atoms with E-state index in [1.807, 2.05) is 31.4 Å². The van der Waals surface area contributed by atoms with Gasteiger partial charge in [-0.15, -0.1) is 11.8 Å². The number of aromatic carboxylic acids is 1. The molecule has 2 aromatic rings. The van der Waals surface area contributed by atoms with E-state index in [1.54, 1.807) is 11.8 Å². The fraction of sp³-hybridized carbons (Fsp3) is 0.125. The normalized spacial score (nSPS) is 10.2. The summed E-state index contributed by atoms with van der Waals surface area (Å²) < 4.78 is 5.37. The molecule has 0 aliphatic rings. The molecule has 1 N–H and O–H groups in total. The Bertz CT molecular complexity index is 677. The number of carboxylic acid groups (broad SMARTS) is 1. The predicted molar refractivity (Wildman–Crippen MR) is 81.3 cm³/mol. The van der Waals surface area contributed by atoms with Gasteiger partial charge < -0.3 is 9.84 Å². The first-order valence-electron chi connectivity index (χ1n) is 6.21. The van der Waals surface area contributed by atoms with Crippen LogP contribution in [0.4, 0.5) is 0 Å². The van der Waals surface area contributed by atoms with E-state index >= 15 is 0 Å². The molecule has 0 saturated carbocycles. The summed E-state index contributed by atoms with van der Waals surface area (Å²) in [5.74, 6) is -1.03. The zero-order valence-electron chi connectivity index (χ0n) is 11.6. The Morgan fingerprint density at radius 2 is 1.67 bits per heavy atom. The predicted octanol–water partition coefficient (Wildman–Crippen LogP) is 3.63. The molecule has 0 unspecified atom stereocenters. The third kappa shape index (κ3) is 3.64. The Morgan fingerprint density at radius 1 is 1.05 bits per heavy atom. The summed E-state index contributed by atoms with van der Waals surface area (Å²) in [6.45, 7) is 1.86. The molecule has 0 heterocycles. The molecule has 0 aliphatic carbocycles. The van der Waals surface area contributed by atoms with Crippen LogP contribution in [-0.2, 0) is 0 Å². The van der Waals surface area contributed by atoms with E-state index in [0.717, 1.165) is 10.5 Å². The van der Waals surface area contributed by atoms with E-state index in [0.29, 0.717) is 11.3 Å². The molecule has 0 saturated heterocycles. The molecule has 2 rings (SSSR count). The number of carbonyl (C=O) groups excluding carboxylic acids is 1. The average Bonchev–Trinajstić information content (AvgIpc) is 2.49. The van der Waals surface area contributed by atoms with Crippen molar-refractivity contribution < 1.29 is 19.4 Å². The van der Waals surface area contributed by atoms with E-state index < -0.39 is 11.9 Å². The molecule has 108 valence electrons. The van der Waals surface area contributed by atoms with E-state index in [4.69, 9.17) is 9.84 Å². The van der Waals surface area contributed by atoms with Crippen LogP contribution in [0.3, 0.4) is 0 Å². The maximum atomic E-state index is 12.1. The summed E-state index contributed by atoms with van der Waals surface area (Å²) in [6, 6.07) is 11.3. The molecule has 5 heteroatoms. The van der Waals surface area contributed by atoms with Gasteiger partial charge >= 0.3 is 11.9 Å². The second-order valence-electron chi connectivity index (χ2n) is 4.40. The number of carboxylic acids is 1. The van der Waals surface area contributed by atoms with Crippen LogP contribution >= 0.6 is 11.8 Å². The largest absolute Gasteiger partial charge is 0.478 e. The summed E-state index contributed by atoms with van der Waals surface area (Å²) >= 11 is 1.56. The Kier molecular flexibility index (Phi) is 4.65. The van der Waals surface area contributed by atoms with Crippen molar-refractivity contribution in [1.29, 1.82) is 0 Å². The first kappa shape index (κ1) is 15.1. The third-order valence-corrected chi connectivity index (χ3v) is 3.69. The van der Waals surface area contributed by atoms with Crippen molar-refractivity contribution in [3.05, 3.63) is 59.2 Å². The fourth-order valence-corrected chi connectivity index (χ4v) is 2.15. The summed E-state index contributed by atoms with van der Waals surface area (Å²) in [5.41, 5.74) is 1.31. The molecule has 0 aliphatic heterocycles. The van der Waals surface area contributed by atoms with Crippen molar-refractivity contribution >= 4 is 23.7 Å². The van der Waals surface area contributed by atoms with Gasteiger partial charge in [0.25, 0.3) is 0 Å². The minimum absolute atomic E-state index is 0.132. The van der Waals surface area contributed by atoms with Gasteiger partial charge in [0.05, 0.1) is 11.1 Å². The topological polar surface area (TPSA) is 63.6 Å². The highest BCUT2D eigenvalue weighted by atomic mass is 32.2. The van der Waals surface area contributed by atoms with Crippen LogP contribution in [-0.4, -0.2) is 23.3 Å². The van der Waals surface area contributed by atoms with Crippen molar-refractivity contribution in [2.24, 2.45) is 0 Å². The molecule has 0 atom stereocenters. The zero-order valence-corrected chi connectivity index (χ0v) is 12.4. The number of carbonyl (C=O) groups is 2. The second-order valence-corrected chi connectivity index (χ2v) is 5.28. The molecule has 21 heavy (non-hydrogen) atoms. The molecule has 0 radical (unpaired) electrons. The Hall–Kier alpha value is -2.27. The summed E-state index contributed by atoms with van der Waals surface area (Å²) in [4.78, 5) is 23.8. The molecular formula is C16H14O4S. The molecule has 2 aromatic carbocycles. The van der Waals surface area contributed by atoms with Crippen molar-refractivity contribution in [2.45, 2.75) is 11.8 Å². The first-order valence-corrected chi connectivity index (χ1v) is 7.44. The minimum atomic E-state index is -1.03. The van der Waals surface area contributed by atoms with E-state index in [1.165, 1.54) is 24.3 Å². The number of hydrogen-bond acceptors (Lipinski definition) is 4. The lowest BCUT2D eigenvalue weighted by atomic mass is 10.1. The Labute approximate surface area is 126 Å². The standard InChI is InChI=1S/C16H14O4S/c1-10-3-8-13(21-2)9-14(10)20-16(19)12-6-4-11(5-7-12)15(17)18/h3-9H,1-2H3,(H,17,18). The van der Waals surface area contributed by atoms with Gasteiger partial charge in [-0.1, -0.05) is 6.07 Å². The van der Waals surface area contributed by atoms with Crippen LogP contribution < -0.4 is 4.74 Å². The number of ether oxygens (including phenoxy) is 1. The second kappa shape index (κ2) is 6.45. The molecular weight excluding hydrogens is 288 g/mol. The van der Waals surface area contributed by atoms with E-state index in [2.05, 4.69) is 0 Å². The average molecular weight is 302 g/mol. The van der Waals surface area contributed by atoms with Crippen LogP contribution in [0.1, 0.15) is 26.3 Å². The van der Waals surface area contributed by atoms with E-state index in [9.17, 15) is 9.59 Å². The minimum Gasteiger partial charge on any atom is -0.478 e. The van der Waals surface area contributed by atoms with Gasteiger partial charge in [0.2, 0.25) is 0 Å². The first-order chi connectivity index (χ1) is 10.0. The number of aryl methyl sites for hydroxylation is 1. The Balaban J connectivity index is 2.19. The highest BCUT2D eigenvalue weighted by molar-refractivity contribution is 7.98. The van der Waals surface area contributed by atoms with Crippen molar-refractivity contribution in [2.75, 3.05) is 6.26 Å². The van der Waals surface area contributed by atoms with Gasteiger partial charge in [0, 0.05) is 4.90 Å². The molecule has 0 fully saturated rings. The summed E-state index contributed by atoms with van der Waals surface area (Å²) in [6.07, 6.45) is 1.95. The van der Waals surface area contributed by atoms with Crippen LogP contribution in [0, 0.1) is 6.92 Å². The maximum Gasteiger partial charge on any atom is 0.343 e. The third-order valence-electron chi connectivity index (χ3n) is 2.97. The molecule has 0 spiro atoms. The van der Waals surface area contributed by atoms with Gasteiger partial charge in [0.15, 0.2) is 0 Å².